The Morgan fingerprint density at radius 3 is 2.02 bits per heavy atom. The van der Waals surface area contributed by atoms with Crippen LogP contribution in [0.3, 0.4) is 0 Å². The number of hydrogen-bond acceptors (Lipinski definition) is 3. The molecule has 3 aromatic carbocycles. The van der Waals surface area contributed by atoms with Crippen molar-refractivity contribution >= 4 is 28.4 Å². The number of hydrogen-bond donors (Lipinski definition) is 1. The molecule has 10 heteroatoms. The lowest BCUT2D eigenvalue weighted by Crippen LogP contribution is -2.37. The molecule has 2 atom stereocenters. The van der Waals surface area contributed by atoms with Crippen LogP contribution in [0.5, 0.6) is 0 Å². The highest BCUT2D eigenvalue weighted by atomic mass is 32.2. The zero-order chi connectivity index (χ0) is 29.5. The van der Waals surface area contributed by atoms with Gasteiger partial charge >= 0.3 is 12.4 Å². The molecule has 3 aromatic rings. The number of rotatable bonds is 5. The lowest BCUT2D eigenvalue weighted by Gasteiger charge is -2.43. The van der Waals surface area contributed by atoms with Crippen LogP contribution in [0.25, 0.3) is 0 Å². The number of halogens is 6. The van der Waals surface area contributed by atoms with Gasteiger partial charge in [0.05, 0.1) is 11.1 Å². The first-order valence-electron chi connectivity index (χ1n) is 13.6. The van der Waals surface area contributed by atoms with Crippen molar-refractivity contribution in [1.29, 1.82) is 0 Å². The molecule has 0 spiro atoms. The van der Waals surface area contributed by atoms with Crippen LogP contribution < -0.4 is 10.2 Å². The second kappa shape index (κ2) is 11.3. The van der Waals surface area contributed by atoms with Gasteiger partial charge in [0.2, 0.25) is 0 Å². The number of nitrogens with zero attached hydrogens (tertiary/aromatic N) is 1. The fourth-order valence-corrected chi connectivity index (χ4v) is 6.61. The van der Waals surface area contributed by atoms with Crippen molar-refractivity contribution in [3.8, 4) is 0 Å². The van der Waals surface area contributed by atoms with E-state index in [1.54, 1.807) is 13.0 Å². The normalized spacial score (nSPS) is 18.7. The first-order valence-corrected chi connectivity index (χ1v) is 14.6. The number of benzene rings is 3. The summed E-state index contributed by atoms with van der Waals surface area (Å²) < 4.78 is 79.9. The maximum atomic E-state index is 13.4. The van der Waals surface area contributed by atoms with Crippen LogP contribution in [0, 0.1) is 6.92 Å². The van der Waals surface area contributed by atoms with Crippen molar-refractivity contribution in [3.05, 3.63) is 93.5 Å². The smallest absolute Gasteiger partial charge is 0.371 e. The molecule has 5 rings (SSSR count). The maximum Gasteiger partial charge on any atom is 0.416 e. The van der Waals surface area contributed by atoms with Gasteiger partial charge in [-0.3, -0.25) is 4.79 Å². The van der Waals surface area contributed by atoms with Gasteiger partial charge in [-0.1, -0.05) is 36.9 Å². The predicted molar refractivity (Wildman–Crippen MR) is 151 cm³/mol. The van der Waals surface area contributed by atoms with Crippen molar-refractivity contribution in [2.24, 2.45) is 0 Å². The van der Waals surface area contributed by atoms with E-state index in [1.807, 2.05) is 19.1 Å². The topological polar surface area (TPSA) is 32.3 Å². The SMILES string of the molecule is CCCSC(=O)Nc1cc2c3c(c1)[C@H](c1ccc(C(F)(F)F)cc1)CCN3CC[C@H]2c1ccc(C(F)(F)F)cc1C. The van der Waals surface area contributed by atoms with Gasteiger partial charge in [0.15, 0.2) is 0 Å². The van der Waals surface area contributed by atoms with Crippen LogP contribution in [0.2, 0.25) is 0 Å². The van der Waals surface area contributed by atoms with E-state index in [4.69, 9.17) is 0 Å². The Morgan fingerprint density at radius 2 is 1.44 bits per heavy atom. The second-order valence-corrected chi connectivity index (χ2v) is 11.7. The Hall–Kier alpha value is -3.14. The quantitative estimate of drug-likeness (QED) is 0.300. The highest BCUT2D eigenvalue weighted by Gasteiger charge is 2.37. The summed E-state index contributed by atoms with van der Waals surface area (Å²) in [6, 6.07) is 12.8. The summed E-state index contributed by atoms with van der Waals surface area (Å²) in [5, 5.41) is 2.75. The number of nitrogens with one attached hydrogen (secondary N) is 1. The van der Waals surface area contributed by atoms with Crippen molar-refractivity contribution in [1.82, 2.24) is 0 Å². The largest absolute Gasteiger partial charge is 0.416 e. The molecule has 41 heavy (non-hydrogen) atoms. The summed E-state index contributed by atoms with van der Waals surface area (Å²) in [7, 11) is 0. The molecule has 0 bridgehead atoms. The Kier molecular flexibility index (Phi) is 8.07. The fourth-order valence-electron chi connectivity index (χ4n) is 6.03. The molecule has 3 nitrogen and oxygen atoms in total. The lowest BCUT2D eigenvalue weighted by molar-refractivity contribution is -0.138. The summed E-state index contributed by atoms with van der Waals surface area (Å²) in [6.45, 7) is 5.05. The van der Waals surface area contributed by atoms with Crippen LogP contribution >= 0.6 is 11.8 Å². The van der Waals surface area contributed by atoms with Crippen LogP contribution in [-0.4, -0.2) is 24.1 Å². The summed E-state index contributed by atoms with van der Waals surface area (Å²) in [6.07, 6.45) is -6.68. The van der Waals surface area contributed by atoms with Gasteiger partial charge < -0.3 is 10.2 Å². The van der Waals surface area contributed by atoms with Crippen LogP contribution in [0.1, 0.15) is 77.0 Å². The standard InChI is InChI=1S/C31H30F6N2OS/c1-3-14-41-29(40)38-22-16-26-24(19-4-6-20(7-5-19)30(32,33)34)10-12-39-13-11-25(27(17-22)28(26)39)23-9-8-21(15-18(23)2)31(35,36)37/h4-9,15-17,24-25H,3,10-14H2,1-2H3,(H,38,40)/t24-,25-/m0/s1. The zero-order valence-electron chi connectivity index (χ0n) is 22.6. The Labute approximate surface area is 239 Å². The molecule has 0 saturated carbocycles. The molecule has 2 aliphatic heterocycles. The van der Waals surface area contributed by atoms with E-state index in [0.29, 0.717) is 42.9 Å². The number of aryl methyl sites for hydroxylation is 1. The minimum Gasteiger partial charge on any atom is -0.371 e. The van der Waals surface area contributed by atoms with E-state index >= 15 is 0 Å². The van der Waals surface area contributed by atoms with Gasteiger partial charge in [-0.05, 0) is 90.4 Å². The summed E-state index contributed by atoms with van der Waals surface area (Å²) >= 11 is 1.17. The Bertz CT molecular complexity index is 1430. The fraction of sp³-hybridized carbons (Fsp3) is 0.387. The molecule has 0 unspecified atom stereocenters. The monoisotopic (exact) mass is 592 g/mol. The maximum absolute atomic E-state index is 13.4. The van der Waals surface area contributed by atoms with E-state index in [2.05, 4.69) is 10.2 Å². The van der Waals surface area contributed by atoms with Crippen molar-refractivity contribution in [2.45, 2.75) is 57.3 Å². The highest BCUT2D eigenvalue weighted by molar-refractivity contribution is 8.13. The van der Waals surface area contributed by atoms with Gasteiger partial charge in [0, 0.05) is 42.1 Å². The molecule has 0 radical (unpaired) electrons. The Balaban J connectivity index is 1.61. The van der Waals surface area contributed by atoms with Gasteiger partial charge in [-0.15, -0.1) is 0 Å². The van der Waals surface area contributed by atoms with Gasteiger partial charge in [-0.25, -0.2) is 0 Å². The average Bonchev–Trinajstić information content (AvgIpc) is 2.91. The molecule has 0 fully saturated rings. The first-order chi connectivity index (χ1) is 19.4. The molecule has 2 heterocycles. The number of carbonyl (C=O) groups is 1. The first kappa shape index (κ1) is 29.4. The summed E-state index contributed by atoms with van der Waals surface area (Å²) in [5.41, 5.74) is 4.00. The molecule has 1 N–H and O–H groups in total. The summed E-state index contributed by atoms with van der Waals surface area (Å²) in [5.74, 6) is 0.252. The zero-order valence-corrected chi connectivity index (χ0v) is 23.4. The van der Waals surface area contributed by atoms with E-state index in [-0.39, 0.29) is 17.1 Å². The minimum absolute atomic E-state index is 0.199. The van der Waals surface area contributed by atoms with Crippen LogP contribution in [0.4, 0.5) is 42.5 Å². The number of amides is 1. The predicted octanol–water partition coefficient (Wildman–Crippen LogP) is 9.59. The lowest BCUT2D eigenvalue weighted by atomic mass is 9.75. The number of anilines is 2. The van der Waals surface area contributed by atoms with Crippen LogP contribution in [-0.2, 0) is 12.4 Å². The average molecular weight is 593 g/mol. The van der Waals surface area contributed by atoms with Crippen LogP contribution in [0.15, 0.2) is 54.6 Å². The molecule has 0 saturated heterocycles. The van der Waals surface area contributed by atoms with Gasteiger partial charge in [-0.2, -0.15) is 26.3 Å². The minimum atomic E-state index is -4.44. The molecular weight excluding hydrogens is 562 g/mol. The summed E-state index contributed by atoms with van der Waals surface area (Å²) in [4.78, 5) is 14.9. The van der Waals surface area contributed by atoms with E-state index in [1.165, 1.54) is 30.0 Å². The molecular formula is C31H30F6N2OS. The van der Waals surface area contributed by atoms with E-state index in [0.717, 1.165) is 52.6 Å². The van der Waals surface area contributed by atoms with E-state index < -0.39 is 23.5 Å². The third-order valence-electron chi connectivity index (χ3n) is 7.91. The number of carbonyl (C=O) groups excluding carboxylic acids is 1. The third kappa shape index (κ3) is 6.08. The Morgan fingerprint density at radius 1 is 0.854 bits per heavy atom. The van der Waals surface area contributed by atoms with Crippen molar-refractivity contribution < 1.29 is 31.1 Å². The molecule has 2 aliphatic rings. The molecule has 0 aliphatic carbocycles. The number of alkyl halides is 6. The van der Waals surface area contributed by atoms with Gasteiger partial charge in [0.25, 0.3) is 5.24 Å². The molecule has 0 aromatic heterocycles. The van der Waals surface area contributed by atoms with Crippen molar-refractivity contribution in [2.75, 3.05) is 29.1 Å². The van der Waals surface area contributed by atoms with Gasteiger partial charge in [0.1, 0.15) is 0 Å². The second-order valence-electron chi connectivity index (χ2n) is 10.6. The van der Waals surface area contributed by atoms with Crippen molar-refractivity contribution in [3.63, 3.8) is 0 Å². The highest BCUT2D eigenvalue weighted by Crippen LogP contribution is 2.50. The number of thioether (sulfide) groups is 1. The molecule has 218 valence electrons. The molecule has 1 amide bonds. The third-order valence-corrected chi connectivity index (χ3v) is 8.88. The van der Waals surface area contributed by atoms with E-state index in [9.17, 15) is 31.1 Å².